The van der Waals surface area contributed by atoms with Crippen molar-refractivity contribution in [2.75, 3.05) is 7.11 Å². The van der Waals surface area contributed by atoms with Gasteiger partial charge in [0, 0.05) is 33.2 Å². The normalized spacial score (nSPS) is 12.6. The van der Waals surface area contributed by atoms with Gasteiger partial charge in [-0.1, -0.05) is 11.1 Å². The van der Waals surface area contributed by atoms with Gasteiger partial charge in [0.2, 0.25) is 0 Å². The van der Waals surface area contributed by atoms with Crippen LogP contribution in [-0.2, 0) is 39.7 Å². The zero-order valence-electron chi connectivity index (χ0n) is 37.4. The number of aromatic hydroxyl groups is 1. The molecule has 31 heteroatoms. The zero-order chi connectivity index (χ0) is 53.6. The maximum Gasteiger partial charge on any atom is 0.356 e. The molecule has 9 aromatic rings. The number of nitrogens with zero attached hydrogens (tertiary/aromatic N) is 8. The molecule has 0 aliphatic rings. The van der Waals surface area contributed by atoms with Crippen LogP contribution >= 0.6 is 12.0 Å². The number of carboxylic acids is 1. The van der Waals surface area contributed by atoms with E-state index in [1.807, 2.05) is 0 Å². The molecular weight excluding hydrogens is 1070 g/mol. The number of carbonyl (C=O) groups is 1. The number of rotatable bonds is 16. The lowest BCUT2D eigenvalue weighted by molar-refractivity contribution is -0.432. The van der Waals surface area contributed by atoms with Crippen molar-refractivity contribution in [1.82, 2.24) is 19.7 Å². The molecule has 9 rings (SSSR count). The number of benzene rings is 7. The van der Waals surface area contributed by atoms with E-state index in [0.717, 1.165) is 35.0 Å². The molecule has 0 spiro atoms. The van der Waals surface area contributed by atoms with E-state index in [0.29, 0.717) is 39.9 Å². The maximum absolute atomic E-state index is 13.2. The molecule has 0 bridgehead atoms. The number of aromatic amines is 2. The molecule has 0 amide bonds. The first-order valence-electron chi connectivity index (χ1n) is 20.7. The van der Waals surface area contributed by atoms with E-state index in [9.17, 15) is 58.7 Å². The maximum atomic E-state index is 13.2. The number of hydrogen-bond donors (Lipinski definition) is 8. The number of fused-ring (bicyclic) bond motifs is 4. The highest BCUT2D eigenvalue weighted by Gasteiger charge is 2.23. The van der Waals surface area contributed by atoms with Crippen molar-refractivity contribution in [3.63, 3.8) is 0 Å². The number of phenolic OH excluding ortho intramolecular Hbond substituents is 1. The number of imidazole rings is 1. The minimum absolute atomic E-state index is 0.0222. The number of phenols is 1. The Kier molecular flexibility index (Phi) is 13.7. The van der Waals surface area contributed by atoms with E-state index in [1.54, 1.807) is 18.2 Å². The first-order valence-corrected chi connectivity index (χ1v) is 25.7. The van der Waals surface area contributed by atoms with Crippen LogP contribution < -0.4 is 10.3 Å². The second kappa shape index (κ2) is 20.0. The second-order valence-electron chi connectivity index (χ2n) is 15.4. The lowest BCUT2D eigenvalue weighted by Crippen LogP contribution is -2.14. The van der Waals surface area contributed by atoms with Gasteiger partial charge in [-0.15, -0.1) is 29.9 Å². The summed E-state index contributed by atoms with van der Waals surface area (Å²) in [6, 6.07) is 25.0. The smallest absolute Gasteiger partial charge is 0.356 e. The zero-order valence-corrected chi connectivity index (χ0v) is 40.6. The molecule has 0 saturated heterocycles. The number of hydrogen-bond acceptors (Lipinski definition) is 21. The van der Waals surface area contributed by atoms with Crippen molar-refractivity contribution in [2.24, 2.45) is 30.7 Å². The summed E-state index contributed by atoms with van der Waals surface area (Å²) in [7, 11) is -12.8. The highest BCUT2D eigenvalue weighted by molar-refractivity contribution is 7.94. The van der Waals surface area contributed by atoms with Crippen molar-refractivity contribution in [3.8, 4) is 28.6 Å². The van der Waals surface area contributed by atoms with E-state index in [-0.39, 0.29) is 60.9 Å². The second-order valence-corrected chi connectivity index (χ2v) is 20.4. The summed E-state index contributed by atoms with van der Waals surface area (Å²) in [5, 5.41) is 62.2. The largest absolute Gasteiger partial charge is 0.505 e. The first-order chi connectivity index (χ1) is 35.6. The fourth-order valence-electron chi connectivity index (χ4n) is 7.41. The van der Waals surface area contributed by atoms with Crippen LogP contribution in [0.2, 0.25) is 0 Å². The highest BCUT2D eigenvalue weighted by atomic mass is 32.2. The number of nitrogens with one attached hydrogen (secondary N) is 2. The molecule has 7 aromatic carbocycles. The third-order valence-corrected chi connectivity index (χ3v) is 14.1. The molecule has 27 nitrogen and oxygen atoms in total. The third kappa shape index (κ3) is 10.5. The Labute approximate surface area is 423 Å². The lowest BCUT2D eigenvalue weighted by Gasteiger charge is -2.10. The standard InChI is InChI=1S/C44H30N10O17S4/c1-69-24-8-14-33(36(18-24)75(66,67)68)50-48-31-16-17-32(29-19-26(74(63,64)65)11-12-27(29)31)49-51-38-35(72-71-70-59)20-30-28(41(38)55)13-15-34-37(30)46-42(45-34)21-2-4-22(5-3-21)47-52-39-40(44(57)58)53-54(43(39)56)23-6-9-25(10-7-23)73(60,61)62/h2-20,53,55,59H,1H3,(H,45,46)(H,57,58)(H,60,61,62)(H,63,64,65)(H,66,67,68). The molecule has 0 atom stereocenters. The number of ether oxygens (including phenoxy) is 1. The summed E-state index contributed by atoms with van der Waals surface area (Å²) in [5.74, 6) is -1.56. The molecule has 75 heavy (non-hydrogen) atoms. The van der Waals surface area contributed by atoms with Gasteiger partial charge in [0.25, 0.3) is 35.9 Å². The van der Waals surface area contributed by atoms with Crippen LogP contribution in [0, 0.1) is 0 Å². The van der Waals surface area contributed by atoms with Crippen molar-refractivity contribution in [2.45, 2.75) is 19.6 Å². The van der Waals surface area contributed by atoms with Gasteiger partial charge in [0.15, 0.2) is 17.1 Å². The molecule has 0 fully saturated rings. The molecule has 0 aliphatic carbocycles. The summed E-state index contributed by atoms with van der Waals surface area (Å²) < 4.78 is 111. The van der Waals surface area contributed by atoms with Gasteiger partial charge in [-0.2, -0.15) is 30.4 Å². The molecule has 0 unspecified atom stereocenters. The SMILES string of the molecule is COc1ccc(N=Nc2ccc(N=Nc3c(SOOO)cc4c(ccc5nc(-c6ccc(N=Nc7c(C(=O)O)[nH]n(-c8ccc(S(=O)(=O)O)cc8)c7=O)cc6)[nH]c54)c3O)c3cc(S(=O)(=O)O)ccc23)c(S(=O)(=O)O)c1. The Hall–Kier alpha value is -8.63. The van der Waals surface area contributed by atoms with Gasteiger partial charge in [-0.3, -0.25) is 23.6 Å². The number of methoxy groups -OCH3 is 1. The van der Waals surface area contributed by atoms with E-state index in [1.165, 1.54) is 73.8 Å². The van der Waals surface area contributed by atoms with E-state index >= 15 is 0 Å². The van der Waals surface area contributed by atoms with Crippen LogP contribution in [0.25, 0.3) is 49.7 Å². The average molecular weight is 1100 g/mol. The predicted octanol–water partition coefficient (Wildman–Crippen LogP) is 9.84. The van der Waals surface area contributed by atoms with E-state index in [4.69, 9.17) is 14.3 Å². The molecular formula is C44H30N10O17S4. The summed E-state index contributed by atoms with van der Waals surface area (Å²) >= 11 is 0.422. The predicted molar refractivity (Wildman–Crippen MR) is 264 cm³/mol. The minimum atomic E-state index is -4.80. The van der Waals surface area contributed by atoms with Crippen molar-refractivity contribution < 1.29 is 73.3 Å². The molecule has 0 radical (unpaired) electrons. The Balaban J connectivity index is 1.04. The Morgan fingerprint density at radius 2 is 1.29 bits per heavy atom. The monoisotopic (exact) mass is 1100 g/mol. The molecule has 2 aromatic heterocycles. The third-order valence-electron chi connectivity index (χ3n) is 10.9. The van der Waals surface area contributed by atoms with E-state index < -0.39 is 73.7 Å². The summed E-state index contributed by atoms with van der Waals surface area (Å²) in [6.45, 7) is 0. The van der Waals surface area contributed by atoms with Crippen molar-refractivity contribution in [3.05, 3.63) is 131 Å². The number of aromatic nitrogens is 4. The minimum Gasteiger partial charge on any atom is -0.505 e. The number of carboxylic acid groups (broad SMARTS) is 1. The van der Waals surface area contributed by atoms with Gasteiger partial charge < -0.3 is 19.9 Å². The molecule has 382 valence electrons. The van der Waals surface area contributed by atoms with Crippen LogP contribution in [-0.4, -0.2) is 87.2 Å². The summed E-state index contributed by atoms with van der Waals surface area (Å²) in [6.07, 6.45) is 0. The van der Waals surface area contributed by atoms with E-state index in [2.05, 4.69) is 50.8 Å². The number of aromatic carboxylic acids is 1. The molecule has 0 saturated carbocycles. The lowest BCUT2D eigenvalue weighted by atomic mass is 10.1. The van der Waals surface area contributed by atoms with Crippen molar-refractivity contribution in [1.29, 1.82) is 0 Å². The Morgan fingerprint density at radius 3 is 1.95 bits per heavy atom. The summed E-state index contributed by atoms with van der Waals surface area (Å²) in [4.78, 5) is 31.5. The molecule has 0 aliphatic heterocycles. The van der Waals surface area contributed by atoms with Gasteiger partial charge in [0.1, 0.15) is 27.8 Å². The van der Waals surface area contributed by atoms with Crippen molar-refractivity contribution >= 4 is 115 Å². The topological polar surface area (TPSA) is 409 Å². The fraction of sp³-hybridized carbons (Fsp3) is 0.0227. The Bertz CT molecular complexity index is 4310. The van der Waals surface area contributed by atoms with Crippen LogP contribution in [0.4, 0.5) is 34.1 Å². The highest BCUT2D eigenvalue weighted by Crippen LogP contribution is 2.47. The quantitative estimate of drug-likeness (QED) is 0.0147. The summed E-state index contributed by atoms with van der Waals surface area (Å²) in [5.41, 5.74) is -1.01. The van der Waals surface area contributed by atoms with Gasteiger partial charge >= 0.3 is 5.97 Å². The van der Waals surface area contributed by atoms with Crippen LogP contribution in [0.1, 0.15) is 10.5 Å². The van der Waals surface area contributed by atoms with Crippen LogP contribution in [0.15, 0.2) is 170 Å². The Morgan fingerprint density at radius 1 is 0.667 bits per heavy atom. The molecule has 2 heterocycles. The first kappa shape index (κ1) is 51.3. The average Bonchev–Trinajstić information content (AvgIpc) is 3.97. The molecule has 8 N–H and O–H groups in total. The van der Waals surface area contributed by atoms with Gasteiger partial charge in [0.05, 0.1) is 67.6 Å². The fourth-order valence-corrected chi connectivity index (χ4v) is 9.53. The number of H-pyrrole nitrogens is 2. The van der Waals surface area contributed by atoms with Gasteiger partial charge in [-0.05, 0) is 103 Å². The van der Waals surface area contributed by atoms with Crippen LogP contribution in [0.5, 0.6) is 11.5 Å². The number of azo groups is 3. The van der Waals surface area contributed by atoms with Crippen LogP contribution in [0.3, 0.4) is 0 Å². The van der Waals surface area contributed by atoms with Gasteiger partial charge in [-0.25, -0.2) is 19.7 Å².